The fourth-order valence-electron chi connectivity index (χ4n) is 3.25. The molecular weight excluding hydrogens is 288 g/mol. The van der Waals surface area contributed by atoms with Crippen molar-refractivity contribution in [2.45, 2.75) is 38.3 Å². The molecule has 5 nitrogen and oxygen atoms in total. The van der Waals surface area contributed by atoms with E-state index < -0.39 is 0 Å². The lowest BCUT2D eigenvalue weighted by Crippen LogP contribution is -2.45. The van der Waals surface area contributed by atoms with Crippen molar-refractivity contribution in [1.82, 2.24) is 10.6 Å². The van der Waals surface area contributed by atoms with E-state index in [1.807, 2.05) is 0 Å². The smallest absolute Gasteiger partial charge is 0.191 e. The van der Waals surface area contributed by atoms with Gasteiger partial charge in [-0.05, 0) is 38.3 Å². The lowest BCUT2D eigenvalue weighted by molar-refractivity contribution is 0.117. The number of anilines is 1. The van der Waals surface area contributed by atoms with Crippen molar-refractivity contribution in [3.8, 4) is 0 Å². The Morgan fingerprint density at radius 3 is 2.91 bits per heavy atom. The molecule has 2 heterocycles. The van der Waals surface area contributed by atoms with Gasteiger partial charge in [0, 0.05) is 38.0 Å². The predicted octanol–water partition coefficient (Wildman–Crippen LogP) is 2.00. The molecule has 1 aromatic rings. The summed E-state index contributed by atoms with van der Waals surface area (Å²) >= 11 is 0. The zero-order valence-electron chi connectivity index (χ0n) is 14.0. The number of nitrogens with zero attached hydrogens (tertiary/aromatic N) is 2. The third-order valence-corrected chi connectivity index (χ3v) is 4.47. The van der Waals surface area contributed by atoms with Crippen LogP contribution in [0.15, 0.2) is 35.3 Å². The second-order valence-corrected chi connectivity index (χ2v) is 6.27. The van der Waals surface area contributed by atoms with Gasteiger partial charge in [-0.15, -0.1) is 0 Å². The van der Waals surface area contributed by atoms with Crippen molar-refractivity contribution >= 4 is 11.6 Å². The number of nitrogens with one attached hydrogen (secondary N) is 2. The average molecular weight is 316 g/mol. The molecule has 2 fully saturated rings. The molecule has 5 heteroatoms. The first-order valence-corrected chi connectivity index (χ1v) is 8.81. The molecule has 2 N–H and O–H groups in total. The van der Waals surface area contributed by atoms with E-state index in [2.05, 4.69) is 52.8 Å². The first-order chi connectivity index (χ1) is 11.3. The molecule has 0 saturated carbocycles. The molecule has 0 amide bonds. The van der Waals surface area contributed by atoms with Gasteiger partial charge in [0.25, 0.3) is 0 Å². The molecule has 3 rings (SSSR count). The van der Waals surface area contributed by atoms with Crippen molar-refractivity contribution in [2.24, 2.45) is 4.99 Å². The van der Waals surface area contributed by atoms with Crippen LogP contribution in [-0.2, 0) is 4.74 Å². The molecule has 23 heavy (non-hydrogen) atoms. The molecule has 2 saturated heterocycles. The van der Waals surface area contributed by atoms with E-state index in [1.54, 1.807) is 0 Å². The molecule has 0 spiro atoms. The van der Waals surface area contributed by atoms with Crippen LogP contribution >= 0.6 is 0 Å². The summed E-state index contributed by atoms with van der Waals surface area (Å²) in [5.41, 5.74) is 1.30. The summed E-state index contributed by atoms with van der Waals surface area (Å²) in [7, 11) is 0. The van der Waals surface area contributed by atoms with Crippen LogP contribution in [0, 0.1) is 0 Å². The van der Waals surface area contributed by atoms with Crippen LogP contribution in [0.4, 0.5) is 5.69 Å². The molecule has 2 aliphatic heterocycles. The van der Waals surface area contributed by atoms with E-state index in [4.69, 9.17) is 9.73 Å². The minimum absolute atomic E-state index is 0.301. The Kier molecular flexibility index (Phi) is 5.75. The Hall–Kier alpha value is -1.75. The molecule has 1 aromatic carbocycles. The van der Waals surface area contributed by atoms with E-state index in [0.717, 1.165) is 51.6 Å². The lowest BCUT2D eigenvalue weighted by Gasteiger charge is -2.20. The van der Waals surface area contributed by atoms with Gasteiger partial charge in [0.1, 0.15) is 0 Å². The highest BCUT2D eigenvalue weighted by Crippen LogP contribution is 2.19. The van der Waals surface area contributed by atoms with E-state index in [0.29, 0.717) is 12.1 Å². The van der Waals surface area contributed by atoms with Gasteiger partial charge in [0.15, 0.2) is 5.96 Å². The summed E-state index contributed by atoms with van der Waals surface area (Å²) < 4.78 is 5.66. The summed E-state index contributed by atoms with van der Waals surface area (Å²) in [6.45, 7) is 6.74. The predicted molar refractivity (Wildman–Crippen MR) is 95.1 cm³/mol. The SMILES string of the molecule is CCNC(=NCC1CCCO1)NC1CCN(c2ccccc2)C1. The van der Waals surface area contributed by atoms with Gasteiger partial charge in [-0.25, -0.2) is 0 Å². The molecule has 0 aliphatic carbocycles. The Morgan fingerprint density at radius 1 is 1.30 bits per heavy atom. The first kappa shape index (κ1) is 16.1. The number of rotatable bonds is 5. The lowest BCUT2D eigenvalue weighted by atomic mass is 10.2. The quantitative estimate of drug-likeness (QED) is 0.644. The molecule has 2 aliphatic rings. The summed E-state index contributed by atoms with van der Waals surface area (Å²) in [6, 6.07) is 11.1. The number of aliphatic imine (C=N–C) groups is 1. The van der Waals surface area contributed by atoms with Crippen LogP contribution in [-0.4, -0.2) is 50.9 Å². The molecule has 0 radical (unpaired) electrons. The number of hydrogen-bond acceptors (Lipinski definition) is 3. The van der Waals surface area contributed by atoms with Crippen LogP contribution in [0.2, 0.25) is 0 Å². The number of guanidine groups is 1. The minimum Gasteiger partial charge on any atom is -0.376 e. The Balaban J connectivity index is 1.52. The first-order valence-electron chi connectivity index (χ1n) is 8.81. The zero-order chi connectivity index (χ0) is 15.9. The number of hydrogen-bond donors (Lipinski definition) is 2. The monoisotopic (exact) mass is 316 g/mol. The topological polar surface area (TPSA) is 48.9 Å². The van der Waals surface area contributed by atoms with Crippen LogP contribution in [0.1, 0.15) is 26.2 Å². The number of benzene rings is 1. The maximum absolute atomic E-state index is 5.66. The van der Waals surface area contributed by atoms with Crippen molar-refractivity contribution in [2.75, 3.05) is 37.7 Å². The van der Waals surface area contributed by atoms with E-state index in [1.165, 1.54) is 12.1 Å². The maximum Gasteiger partial charge on any atom is 0.191 e. The highest BCUT2D eigenvalue weighted by Gasteiger charge is 2.23. The third-order valence-electron chi connectivity index (χ3n) is 4.47. The zero-order valence-corrected chi connectivity index (χ0v) is 14.0. The minimum atomic E-state index is 0.301. The normalized spacial score (nSPS) is 24.9. The second-order valence-electron chi connectivity index (χ2n) is 6.27. The summed E-state index contributed by atoms with van der Waals surface area (Å²) in [5, 5.41) is 6.94. The molecule has 0 aromatic heterocycles. The fourth-order valence-corrected chi connectivity index (χ4v) is 3.25. The van der Waals surface area contributed by atoms with E-state index in [9.17, 15) is 0 Å². The highest BCUT2D eigenvalue weighted by molar-refractivity contribution is 5.80. The molecule has 2 unspecified atom stereocenters. The van der Waals surface area contributed by atoms with Gasteiger partial charge in [-0.1, -0.05) is 18.2 Å². The molecule has 126 valence electrons. The van der Waals surface area contributed by atoms with Crippen LogP contribution < -0.4 is 15.5 Å². The van der Waals surface area contributed by atoms with Gasteiger partial charge in [0.2, 0.25) is 0 Å². The van der Waals surface area contributed by atoms with Gasteiger partial charge in [0.05, 0.1) is 12.6 Å². The summed E-state index contributed by atoms with van der Waals surface area (Å²) in [4.78, 5) is 7.14. The highest BCUT2D eigenvalue weighted by atomic mass is 16.5. The van der Waals surface area contributed by atoms with Crippen molar-refractivity contribution in [3.63, 3.8) is 0 Å². The molecular formula is C18H28N4O. The third kappa shape index (κ3) is 4.61. The largest absolute Gasteiger partial charge is 0.376 e. The van der Waals surface area contributed by atoms with Crippen LogP contribution in [0.3, 0.4) is 0 Å². The van der Waals surface area contributed by atoms with Gasteiger partial charge in [-0.2, -0.15) is 0 Å². The van der Waals surface area contributed by atoms with Crippen molar-refractivity contribution < 1.29 is 4.74 Å². The number of ether oxygens (including phenoxy) is 1. The number of para-hydroxylation sites is 1. The second kappa shape index (κ2) is 8.20. The van der Waals surface area contributed by atoms with Crippen molar-refractivity contribution in [1.29, 1.82) is 0 Å². The van der Waals surface area contributed by atoms with Crippen molar-refractivity contribution in [3.05, 3.63) is 30.3 Å². The van der Waals surface area contributed by atoms with Crippen LogP contribution in [0.25, 0.3) is 0 Å². The summed E-state index contributed by atoms with van der Waals surface area (Å²) in [6.07, 6.45) is 3.74. The molecule has 2 atom stereocenters. The van der Waals surface area contributed by atoms with Gasteiger partial charge < -0.3 is 20.3 Å². The fraction of sp³-hybridized carbons (Fsp3) is 0.611. The molecule has 0 bridgehead atoms. The maximum atomic E-state index is 5.66. The standard InChI is InChI=1S/C18H28N4O/c1-2-19-18(20-13-17-9-6-12-23-17)21-15-10-11-22(14-15)16-7-4-3-5-8-16/h3-5,7-8,15,17H,2,6,9-14H2,1H3,(H2,19,20,21). The van der Waals surface area contributed by atoms with Gasteiger partial charge in [-0.3, -0.25) is 4.99 Å². The Morgan fingerprint density at radius 2 is 2.17 bits per heavy atom. The van der Waals surface area contributed by atoms with E-state index >= 15 is 0 Å². The van der Waals surface area contributed by atoms with E-state index in [-0.39, 0.29) is 0 Å². The summed E-state index contributed by atoms with van der Waals surface area (Å²) in [5.74, 6) is 0.919. The Bertz CT molecular complexity index is 499. The Labute approximate surface area is 139 Å². The van der Waals surface area contributed by atoms with Crippen LogP contribution in [0.5, 0.6) is 0 Å². The van der Waals surface area contributed by atoms with Gasteiger partial charge >= 0.3 is 0 Å². The average Bonchev–Trinajstić information content (AvgIpc) is 3.25.